The van der Waals surface area contributed by atoms with Crippen LogP contribution >= 0.6 is 0 Å². The van der Waals surface area contributed by atoms with Crippen LogP contribution in [0.4, 0.5) is 0 Å². The van der Waals surface area contributed by atoms with Crippen molar-refractivity contribution in [2.45, 2.75) is 31.9 Å². The van der Waals surface area contributed by atoms with Crippen molar-refractivity contribution in [1.29, 1.82) is 0 Å². The molecule has 2 atom stereocenters. The number of amides is 1. The van der Waals surface area contributed by atoms with Gasteiger partial charge in [-0.2, -0.15) is 0 Å². The highest BCUT2D eigenvalue weighted by Crippen LogP contribution is 2.14. The van der Waals surface area contributed by atoms with Gasteiger partial charge in [0.25, 0.3) is 0 Å². The molecule has 0 radical (unpaired) electrons. The van der Waals surface area contributed by atoms with E-state index in [-0.39, 0.29) is 18.1 Å². The Morgan fingerprint density at radius 3 is 3.00 bits per heavy atom. The summed E-state index contributed by atoms with van der Waals surface area (Å²) in [5.74, 6) is 0.250. The van der Waals surface area contributed by atoms with Gasteiger partial charge in [-0.15, -0.1) is 0 Å². The number of carbonyl (C=O) groups excluding carboxylic acids is 1. The minimum absolute atomic E-state index is 0.0336. The van der Waals surface area contributed by atoms with Gasteiger partial charge in [0, 0.05) is 26.2 Å². The first-order chi connectivity index (χ1) is 8.70. The summed E-state index contributed by atoms with van der Waals surface area (Å²) in [6.45, 7) is 7.35. The van der Waals surface area contributed by atoms with Crippen LogP contribution in [0.3, 0.4) is 0 Å². The predicted molar refractivity (Wildman–Crippen MR) is 70.5 cm³/mol. The van der Waals surface area contributed by atoms with E-state index in [4.69, 9.17) is 4.74 Å². The molecule has 2 aliphatic rings. The number of morpholine rings is 1. The van der Waals surface area contributed by atoms with Crippen molar-refractivity contribution in [1.82, 2.24) is 15.1 Å². The standard InChI is InChI=1S/C13H25N3O2/c1-3-5-14-12-4-6-16(13(12)17)10-11-9-15(2)7-8-18-11/h11-12,14H,3-10H2,1-2H3. The van der Waals surface area contributed by atoms with Crippen molar-refractivity contribution in [2.24, 2.45) is 0 Å². The minimum atomic E-state index is 0.0336. The third-order valence-electron chi connectivity index (χ3n) is 3.70. The number of rotatable bonds is 5. The Balaban J connectivity index is 1.78. The smallest absolute Gasteiger partial charge is 0.239 e. The van der Waals surface area contributed by atoms with Gasteiger partial charge in [0.2, 0.25) is 5.91 Å². The molecule has 2 unspecified atom stereocenters. The summed E-state index contributed by atoms with van der Waals surface area (Å²) in [5.41, 5.74) is 0. The summed E-state index contributed by atoms with van der Waals surface area (Å²) in [4.78, 5) is 16.4. The maximum atomic E-state index is 12.2. The fourth-order valence-corrected chi connectivity index (χ4v) is 2.65. The molecule has 0 aliphatic carbocycles. The lowest BCUT2D eigenvalue weighted by atomic mass is 10.2. The Morgan fingerprint density at radius 2 is 2.28 bits per heavy atom. The van der Waals surface area contributed by atoms with Crippen LogP contribution in [0, 0.1) is 0 Å². The number of likely N-dealkylation sites (tertiary alicyclic amines) is 1. The van der Waals surface area contributed by atoms with Crippen LogP contribution in [-0.2, 0) is 9.53 Å². The summed E-state index contributed by atoms with van der Waals surface area (Å²) < 4.78 is 5.72. The lowest BCUT2D eigenvalue weighted by Gasteiger charge is -2.32. The Hall–Kier alpha value is -0.650. The molecule has 1 amide bonds. The molecule has 0 aromatic rings. The van der Waals surface area contributed by atoms with Crippen LogP contribution in [0.2, 0.25) is 0 Å². The highest BCUT2D eigenvalue weighted by Gasteiger charge is 2.33. The normalized spacial score (nSPS) is 30.1. The average molecular weight is 255 g/mol. The highest BCUT2D eigenvalue weighted by molar-refractivity contribution is 5.84. The monoisotopic (exact) mass is 255 g/mol. The van der Waals surface area contributed by atoms with Crippen LogP contribution in [0.1, 0.15) is 19.8 Å². The van der Waals surface area contributed by atoms with Crippen LogP contribution < -0.4 is 5.32 Å². The number of nitrogens with one attached hydrogen (secondary N) is 1. The van der Waals surface area contributed by atoms with Crippen molar-refractivity contribution in [3.63, 3.8) is 0 Å². The summed E-state index contributed by atoms with van der Waals surface area (Å²) in [6.07, 6.45) is 2.18. The predicted octanol–water partition coefficient (Wildman–Crippen LogP) is -0.0825. The van der Waals surface area contributed by atoms with E-state index in [9.17, 15) is 4.79 Å². The van der Waals surface area contributed by atoms with E-state index in [0.717, 1.165) is 52.2 Å². The average Bonchev–Trinajstić information content (AvgIpc) is 2.69. The van der Waals surface area contributed by atoms with E-state index in [2.05, 4.69) is 24.2 Å². The van der Waals surface area contributed by atoms with E-state index in [1.165, 1.54) is 0 Å². The Labute approximate surface area is 109 Å². The molecule has 104 valence electrons. The Kier molecular flexibility index (Phi) is 4.97. The van der Waals surface area contributed by atoms with Crippen molar-refractivity contribution >= 4 is 5.91 Å². The number of nitrogens with zero attached hydrogens (tertiary/aromatic N) is 2. The molecule has 18 heavy (non-hydrogen) atoms. The minimum Gasteiger partial charge on any atom is -0.374 e. The number of ether oxygens (including phenoxy) is 1. The van der Waals surface area contributed by atoms with E-state index < -0.39 is 0 Å². The lowest BCUT2D eigenvalue weighted by molar-refractivity contribution is -0.132. The van der Waals surface area contributed by atoms with Gasteiger partial charge in [-0.25, -0.2) is 0 Å². The molecular formula is C13H25N3O2. The molecular weight excluding hydrogens is 230 g/mol. The molecule has 0 bridgehead atoms. The number of hydrogen-bond acceptors (Lipinski definition) is 4. The van der Waals surface area contributed by atoms with Gasteiger partial charge in [0.1, 0.15) is 0 Å². The maximum absolute atomic E-state index is 12.2. The number of hydrogen-bond donors (Lipinski definition) is 1. The molecule has 0 aromatic carbocycles. The van der Waals surface area contributed by atoms with Gasteiger partial charge in [0.15, 0.2) is 0 Å². The number of carbonyl (C=O) groups is 1. The van der Waals surface area contributed by atoms with Gasteiger partial charge >= 0.3 is 0 Å². The molecule has 2 saturated heterocycles. The van der Waals surface area contributed by atoms with Gasteiger partial charge < -0.3 is 19.9 Å². The summed E-state index contributed by atoms with van der Waals surface area (Å²) in [6, 6.07) is 0.0336. The molecule has 0 aromatic heterocycles. The number of likely N-dealkylation sites (N-methyl/N-ethyl adjacent to an activating group) is 1. The quantitative estimate of drug-likeness (QED) is 0.746. The molecule has 2 fully saturated rings. The largest absolute Gasteiger partial charge is 0.374 e. The second-order valence-electron chi connectivity index (χ2n) is 5.33. The van der Waals surface area contributed by atoms with E-state index >= 15 is 0 Å². The van der Waals surface area contributed by atoms with E-state index in [1.54, 1.807) is 0 Å². The second kappa shape index (κ2) is 6.50. The van der Waals surface area contributed by atoms with Crippen molar-refractivity contribution < 1.29 is 9.53 Å². The third kappa shape index (κ3) is 3.43. The zero-order valence-corrected chi connectivity index (χ0v) is 11.5. The maximum Gasteiger partial charge on any atom is 0.239 e. The molecule has 5 nitrogen and oxygen atoms in total. The fourth-order valence-electron chi connectivity index (χ4n) is 2.65. The van der Waals surface area contributed by atoms with Gasteiger partial charge in [-0.1, -0.05) is 6.92 Å². The first-order valence-corrected chi connectivity index (χ1v) is 7.03. The zero-order valence-electron chi connectivity index (χ0n) is 11.5. The summed E-state index contributed by atoms with van der Waals surface area (Å²) in [7, 11) is 2.10. The molecule has 2 rings (SSSR count). The van der Waals surface area contributed by atoms with Crippen molar-refractivity contribution in [3.8, 4) is 0 Å². The van der Waals surface area contributed by atoms with Crippen molar-refractivity contribution in [3.05, 3.63) is 0 Å². The third-order valence-corrected chi connectivity index (χ3v) is 3.70. The summed E-state index contributed by atoms with van der Waals surface area (Å²) in [5, 5.41) is 3.31. The molecule has 2 heterocycles. The summed E-state index contributed by atoms with van der Waals surface area (Å²) >= 11 is 0. The van der Waals surface area contributed by atoms with Crippen LogP contribution in [0.5, 0.6) is 0 Å². The first kappa shape index (κ1) is 13.8. The SMILES string of the molecule is CCCNC1CCN(CC2CN(C)CCO2)C1=O. The Morgan fingerprint density at radius 1 is 1.44 bits per heavy atom. The van der Waals surface area contributed by atoms with E-state index in [1.807, 2.05) is 4.90 Å². The topological polar surface area (TPSA) is 44.8 Å². The van der Waals surface area contributed by atoms with Crippen molar-refractivity contribution in [2.75, 3.05) is 46.4 Å². The molecule has 1 N–H and O–H groups in total. The molecule has 0 saturated carbocycles. The molecule has 5 heteroatoms. The first-order valence-electron chi connectivity index (χ1n) is 7.03. The second-order valence-corrected chi connectivity index (χ2v) is 5.33. The lowest BCUT2D eigenvalue weighted by Crippen LogP contribution is -2.47. The molecule has 2 aliphatic heterocycles. The molecule has 0 spiro atoms. The highest BCUT2D eigenvalue weighted by atomic mass is 16.5. The van der Waals surface area contributed by atoms with Crippen LogP contribution in [-0.4, -0.2) is 74.2 Å². The fraction of sp³-hybridized carbons (Fsp3) is 0.923. The van der Waals surface area contributed by atoms with Gasteiger partial charge in [0.05, 0.1) is 18.8 Å². The van der Waals surface area contributed by atoms with Crippen LogP contribution in [0.15, 0.2) is 0 Å². The van der Waals surface area contributed by atoms with Gasteiger partial charge in [-0.3, -0.25) is 4.79 Å². The van der Waals surface area contributed by atoms with Crippen LogP contribution in [0.25, 0.3) is 0 Å². The zero-order chi connectivity index (χ0) is 13.0. The van der Waals surface area contributed by atoms with Gasteiger partial charge in [-0.05, 0) is 26.4 Å². The Bertz CT molecular complexity index is 285. The van der Waals surface area contributed by atoms with E-state index in [0.29, 0.717) is 0 Å².